The number of benzene rings is 2. The molecular formula is C20H21ClN2O3. The molecule has 26 heavy (non-hydrogen) atoms. The zero-order valence-corrected chi connectivity index (χ0v) is 15.1. The fourth-order valence-electron chi connectivity index (χ4n) is 2.92. The molecule has 1 N–H and O–H groups in total. The van der Waals surface area contributed by atoms with Gasteiger partial charge in [-0.15, -0.1) is 0 Å². The van der Waals surface area contributed by atoms with Crippen molar-refractivity contribution in [2.75, 3.05) is 26.3 Å². The van der Waals surface area contributed by atoms with Crippen LogP contribution in [0.15, 0.2) is 54.6 Å². The van der Waals surface area contributed by atoms with E-state index >= 15 is 0 Å². The summed E-state index contributed by atoms with van der Waals surface area (Å²) >= 11 is 6.10. The van der Waals surface area contributed by atoms with Gasteiger partial charge in [-0.3, -0.25) is 9.59 Å². The summed E-state index contributed by atoms with van der Waals surface area (Å²) in [4.78, 5) is 27.0. The Morgan fingerprint density at radius 3 is 2.50 bits per heavy atom. The van der Waals surface area contributed by atoms with Crippen molar-refractivity contribution in [3.63, 3.8) is 0 Å². The van der Waals surface area contributed by atoms with Crippen LogP contribution >= 0.6 is 11.6 Å². The van der Waals surface area contributed by atoms with Gasteiger partial charge in [-0.05, 0) is 29.8 Å². The van der Waals surface area contributed by atoms with Crippen LogP contribution in [0.3, 0.4) is 0 Å². The maximum absolute atomic E-state index is 12.7. The predicted octanol–water partition coefficient (Wildman–Crippen LogP) is 3.06. The van der Waals surface area contributed by atoms with Crippen LogP contribution in [0, 0.1) is 0 Å². The maximum Gasteiger partial charge on any atom is 0.251 e. The monoisotopic (exact) mass is 372 g/mol. The minimum Gasteiger partial charge on any atom is -0.378 e. The highest BCUT2D eigenvalue weighted by Crippen LogP contribution is 2.22. The molecule has 2 amide bonds. The number of morpholine rings is 1. The average Bonchev–Trinajstić information content (AvgIpc) is 2.68. The van der Waals surface area contributed by atoms with E-state index in [1.807, 2.05) is 30.3 Å². The molecule has 1 saturated heterocycles. The molecule has 0 radical (unpaired) electrons. The number of halogens is 1. The van der Waals surface area contributed by atoms with Crippen LogP contribution in [-0.4, -0.2) is 43.0 Å². The molecule has 1 fully saturated rings. The number of hydrogen-bond acceptors (Lipinski definition) is 3. The van der Waals surface area contributed by atoms with Gasteiger partial charge in [-0.25, -0.2) is 0 Å². The highest BCUT2D eigenvalue weighted by molar-refractivity contribution is 6.30. The molecule has 2 aromatic carbocycles. The van der Waals surface area contributed by atoms with Gasteiger partial charge in [-0.2, -0.15) is 0 Å². The number of rotatable bonds is 5. The van der Waals surface area contributed by atoms with Gasteiger partial charge in [0, 0.05) is 23.7 Å². The Balaban J connectivity index is 1.77. The van der Waals surface area contributed by atoms with Crippen molar-refractivity contribution >= 4 is 23.4 Å². The minimum absolute atomic E-state index is 0.00774. The minimum atomic E-state index is -0.447. The van der Waals surface area contributed by atoms with Gasteiger partial charge in [0.05, 0.1) is 25.7 Å². The molecule has 6 heteroatoms. The van der Waals surface area contributed by atoms with Crippen LogP contribution in [0.25, 0.3) is 0 Å². The van der Waals surface area contributed by atoms with E-state index in [2.05, 4.69) is 5.32 Å². The van der Waals surface area contributed by atoms with Gasteiger partial charge >= 0.3 is 0 Å². The third-order valence-electron chi connectivity index (χ3n) is 4.33. The Labute approximate surface area is 157 Å². The lowest BCUT2D eigenvalue weighted by Crippen LogP contribution is -2.42. The topological polar surface area (TPSA) is 58.6 Å². The summed E-state index contributed by atoms with van der Waals surface area (Å²) in [5.74, 6) is -0.225. The largest absolute Gasteiger partial charge is 0.378 e. The fourth-order valence-corrected chi connectivity index (χ4v) is 3.12. The summed E-state index contributed by atoms with van der Waals surface area (Å²) in [6.45, 7) is 2.25. The van der Waals surface area contributed by atoms with E-state index in [-0.39, 0.29) is 18.2 Å². The molecule has 1 aliphatic heterocycles. The number of nitrogens with zero attached hydrogens (tertiary/aromatic N) is 1. The number of hydrogen-bond donors (Lipinski definition) is 1. The molecule has 2 aromatic rings. The molecule has 136 valence electrons. The van der Waals surface area contributed by atoms with Crippen molar-refractivity contribution in [3.05, 3.63) is 70.7 Å². The van der Waals surface area contributed by atoms with Gasteiger partial charge in [-0.1, -0.05) is 41.9 Å². The second-order valence-corrected chi connectivity index (χ2v) is 6.58. The summed E-state index contributed by atoms with van der Waals surface area (Å²) in [6, 6.07) is 15.7. The number of amides is 2. The molecule has 5 nitrogen and oxygen atoms in total. The number of ether oxygens (including phenoxy) is 1. The van der Waals surface area contributed by atoms with Crippen molar-refractivity contribution in [3.8, 4) is 0 Å². The first-order valence-electron chi connectivity index (χ1n) is 8.60. The number of nitrogens with one attached hydrogen (secondary N) is 1. The number of carbonyl (C=O) groups excluding carboxylic acids is 2. The van der Waals surface area contributed by atoms with Crippen LogP contribution < -0.4 is 5.32 Å². The van der Waals surface area contributed by atoms with E-state index in [0.29, 0.717) is 36.9 Å². The Bertz CT molecular complexity index is 761. The van der Waals surface area contributed by atoms with E-state index in [4.69, 9.17) is 16.3 Å². The van der Waals surface area contributed by atoms with Crippen LogP contribution in [-0.2, 0) is 9.53 Å². The molecule has 1 heterocycles. The normalized spacial score (nSPS) is 15.3. The van der Waals surface area contributed by atoms with E-state index < -0.39 is 6.04 Å². The molecular weight excluding hydrogens is 352 g/mol. The maximum atomic E-state index is 12.7. The van der Waals surface area contributed by atoms with E-state index in [1.165, 1.54) is 0 Å². The quantitative estimate of drug-likeness (QED) is 0.877. The van der Waals surface area contributed by atoms with E-state index in [1.54, 1.807) is 29.2 Å². The van der Waals surface area contributed by atoms with E-state index in [0.717, 1.165) is 5.56 Å². The predicted molar refractivity (Wildman–Crippen MR) is 100 cm³/mol. The standard InChI is InChI=1S/C20H21ClN2O3/c21-17-8-4-7-16(13-17)18(14-19(24)23-9-11-26-12-10-23)22-20(25)15-5-2-1-3-6-15/h1-8,13,18H,9-12,14H2,(H,22,25)/t18-/m1/s1. The highest BCUT2D eigenvalue weighted by atomic mass is 35.5. The lowest BCUT2D eigenvalue weighted by atomic mass is 10.0. The third-order valence-corrected chi connectivity index (χ3v) is 4.57. The second-order valence-electron chi connectivity index (χ2n) is 6.14. The molecule has 0 aliphatic carbocycles. The van der Waals surface area contributed by atoms with Crippen LogP contribution in [0.2, 0.25) is 5.02 Å². The second kappa shape index (κ2) is 8.83. The molecule has 0 unspecified atom stereocenters. The highest BCUT2D eigenvalue weighted by Gasteiger charge is 2.24. The lowest BCUT2D eigenvalue weighted by molar-refractivity contribution is -0.135. The molecule has 3 rings (SSSR count). The van der Waals surface area contributed by atoms with Crippen molar-refractivity contribution < 1.29 is 14.3 Å². The molecule has 0 bridgehead atoms. The molecule has 0 saturated carbocycles. The van der Waals surface area contributed by atoms with Crippen LogP contribution in [0.5, 0.6) is 0 Å². The van der Waals surface area contributed by atoms with Gasteiger partial charge in [0.15, 0.2) is 0 Å². The first-order chi connectivity index (χ1) is 12.6. The summed E-state index contributed by atoms with van der Waals surface area (Å²) in [5.41, 5.74) is 1.36. The zero-order chi connectivity index (χ0) is 18.4. The summed E-state index contributed by atoms with van der Waals surface area (Å²) < 4.78 is 5.30. The third kappa shape index (κ3) is 4.84. The molecule has 0 spiro atoms. The van der Waals surface area contributed by atoms with Crippen LogP contribution in [0.4, 0.5) is 0 Å². The van der Waals surface area contributed by atoms with Gasteiger partial charge < -0.3 is 15.0 Å². The smallest absolute Gasteiger partial charge is 0.251 e. The van der Waals surface area contributed by atoms with Crippen molar-refractivity contribution in [2.45, 2.75) is 12.5 Å². The van der Waals surface area contributed by atoms with Crippen molar-refractivity contribution in [1.29, 1.82) is 0 Å². The average molecular weight is 373 g/mol. The van der Waals surface area contributed by atoms with Crippen molar-refractivity contribution in [2.24, 2.45) is 0 Å². The Morgan fingerprint density at radius 2 is 1.81 bits per heavy atom. The summed E-state index contributed by atoms with van der Waals surface area (Å²) in [6.07, 6.45) is 0.179. The van der Waals surface area contributed by atoms with E-state index in [9.17, 15) is 9.59 Å². The lowest BCUT2D eigenvalue weighted by Gasteiger charge is -2.29. The Kier molecular flexibility index (Phi) is 6.26. The summed E-state index contributed by atoms with van der Waals surface area (Å²) in [7, 11) is 0. The first-order valence-corrected chi connectivity index (χ1v) is 8.98. The van der Waals surface area contributed by atoms with Gasteiger partial charge in [0.2, 0.25) is 5.91 Å². The fraction of sp³-hybridized carbons (Fsp3) is 0.300. The van der Waals surface area contributed by atoms with Gasteiger partial charge in [0.1, 0.15) is 0 Å². The molecule has 1 aliphatic rings. The van der Waals surface area contributed by atoms with Crippen LogP contribution in [0.1, 0.15) is 28.4 Å². The van der Waals surface area contributed by atoms with Gasteiger partial charge in [0.25, 0.3) is 5.91 Å². The first kappa shape index (κ1) is 18.4. The number of carbonyl (C=O) groups is 2. The van der Waals surface area contributed by atoms with Crippen molar-refractivity contribution in [1.82, 2.24) is 10.2 Å². The SMILES string of the molecule is O=C(N[C@H](CC(=O)N1CCOCC1)c1cccc(Cl)c1)c1ccccc1. The Morgan fingerprint density at radius 1 is 1.08 bits per heavy atom. The molecule has 1 atom stereocenters. The summed E-state index contributed by atoms with van der Waals surface area (Å²) in [5, 5.41) is 3.54. The molecule has 0 aromatic heterocycles. The zero-order valence-electron chi connectivity index (χ0n) is 14.4. The Hall–Kier alpha value is -2.37.